The van der Waals surface area contributed by atoms with E-state index in [1.165, 1.54) is 7.05 Å². The number of nitrogens with zero attached hydrogens (tertiary/aromatic N) is 2. The van der Waals surface area contributed by atoms with Crippen molar-refractivity contribution < 1.29 is 9.59 Å². The van der Waals surface area contributed by atoms with Gasteiger partial charge in [-0.1, -0.05) is 0 Å². The summed E-state index contributed by atoms with van der Waals surface area (Å²) in [4.78, 5) is 28.9. The van der Waals surface area contributed by atoms with Crippen molar-refractivity contribution in [2.75, 3.05) is 18.1 Å². The maximum absolute atomic E-state index is 11.9. The molecule has 1 aromatic carbocycles. The minimum atomic E-state index is -0.303. The summed E-state index contributed by atoms with van der Waals surface area (Å²) in [5.41, 5.74) is 7.76. The Morgan fingerprint density at radius 3 is 2.65 bits per heavy atom. The molecular weight excluding hydrogens is 256 g/mol. The first-order chi connectivity index (χ1) is 9.58. The number of benzene rings is 1. The molecule has 0 saturated heterocycles. The highest BCUT2D eigenvalue weighted by Gasteiger charge is 2.32. The van der Waals surface area contributed by atoms with Gasteiger partial charge in [-0.3, -0.25) is 14.5 Å². The molecule has 2 aromatic rings. The lowest BCUT2D eigenvalue weighted by molar-refractivity contribution is 0.0693. The number of carbonyl (C=O) groups is 2. The second-order valence-electron chi connectivity index (χ2n) is 4.50. The Balaban J connectivity index is 1.97. The van der Waals surface area contributed by atoms with Gasteiger partial charge < -0.3 is 11.1 Å². The van der Waals surface area contributed by atoms with E-state index in [0.717, 1.165) is 4.90 Å². The molecule has 3 N–H and O–H groups in total. The van der Waals surface area contributed by atoms with Crippen LogP contribution in [0.5, 0.6) is 0 Å². The summed E-state index contributed by atoms with van der Waals surface area (Å²) in [5, 5.41) is 3.03. The lowest BCUT2D eigenvalue weighted by atomic mass is 10.1. The molecule has 0 fully saturated rings. The monoisotopic (exact) mass is 268 g/mol. The predicted molar refractivity (Wildman–Crippen MR) is 74.8 cm³/mol. The van der Waals surface area contributed by atoms with Crippen LogP contribution in [-0.2, 0) is 0 Å². The van der Waals surface area contributed by atoms with E-state index in [1.807, 2.05) is 0 Å². The Kier molecular flexibility index (Phi) is 2.64. The van der Waals surface area contributed by atoms with Gasteiger partial charge in [0.25, 0.3) is 11.8 Å². The number of nitrogens with one attached hydrogen (secondary N) is 1. The summed E-state index contributed by atoms with van der Waals surface area (Å²) in [5.74, 6) is -0.0749. The van der Waals surface area contributed by atoms with Gasteiger partial charge in [0.15, 0.2) is 5.82 Å². The van der Waals surface area contributed by atoms with Crippen molar-refractivity contribution in [2.24, 2.45) is 0 Å². The topological polar surface area (TPSA) is 88.3 Å². The Morgan fingerprint density at radius 1 is 1.15 bits per heavy atom. The molecule has 0 spiro atoms. The first-order valence-electron chi connectivity index (χ1n) is 6.02. The van der Waals surface area contributed by atoms with Crippen molar-refractivity contribution in [1.29, 1.82) is 0 Å². The summed E-state index contributed by atoms with van der Waals surface area (Å²) in [6.45, 7) is 0. The second kappa shape index (κ2) is 4.34. The average Bonchev–Trinajstić information content (AvgIpc) is 2.66. The van der Waals surface area contributed by atoms with Gasteiger partial charge in [-0.05, 0) is 30.3 Å². The zero-order valence-corrected chi connectivity index (χ0v) is 10.8. The molecule has 0 radical (unpaired) electrons. The van der Waals surface area contributed by atoms with E-state index in [9.17, 15) is 9.59 Å². The lowest BCUT2D eigenvalue weighted by Gasteiger charge is -2.08. The van der Waals surface area contributed by atoms with Gasteiger partial charge >= 0.3 is 0 Å². The van der Waals surface area contributed by atoms with E-state index in [0.29, 0.717) is 28.3 Å². The molecule has 2 heterocycles. The summed E-state index contributed by atoms with van der Waals surface area (Å²) >= 11 is 0. The molecular formula is C14H12N4O2. The maximum Gasteiger partial charge on any atom is 0.261 e. The summed E-state index contributed by atoms with van der Waals surface area (Å²) in [6, 6.07) is 8.44. The maximum atomic E-state index is 11.9. The third-order valence-corrected chi connectivity index (χ3v) is 3.19. The summed E-state index contributed by atoms with van der Waals surface area (Å²) < 4.78 is 0. The standard InChI is InChI=1S/C14H12N4O2/c1-18-13(19)9-5-4-8(7-10(9)14(18)20)17-12-11(15)3-2-6-16-12/h2-7H,15H2,1H3,(H,16,17). The molecule has 6 heteroatoms. The van der Waals surface area contributed by atoms with Crippen molar-refractivity contribution in [1.82, 2.24) is 9.88 Å². The number of fused-ring (bicyclic) bond motifs is 1. The van der Waals surface area contributed by atoms with Crippen LogP contribution in [0.25, 0.3) is 0 Å². The average molecular weight is 268 g/mol. The fourth-order valence-electron chi connectivity index (χ4n) is 2.10. The van der Waals surface area contributed by atoms with Crippen molar-refractivity contribution in [3.63, 3.8) is 0 Å². The lowest BCUT2D eigenvalue weighted by Crippen LogP contribution is -2.24. The minimum absolute atomic E-state index is 0.283. The number of carbonyl (C=O) groups excluding carboxylic acids is 2. The van der Waals surface area contributed by atoms with Crippen LogP contribution in [0.4, 0.5) is 17.2 Å². The first kappa shape index (κ1) is 12.2. The van der Waals surface area contributed by atoms with Crippen LogP contribution in [-0.4, -0.2) is 28.7 Å². The molecule has 2 amide bonds. The van der Waals surface area contributed by atoms with Crippen LogP contribution in [0.1, 0.15) is 20.7 Å². The van der Waals surface area contributed by atoms with Crippen molar-refractivity contribution in [3.05, 3.63) is 47.7 Å². The molecule has 100 valence electrons. The molecule has 0 saturated carbocycles. The summed E-state index contributed by atoms with van der Waals surface area (Å²) in [6.07, 6.45) is 1.62. The SMILES string of the molecule is CN1C(=O)c2ccc(Nc3ncccc3N)cc2C1=O. The zero-order chi connectivity index (χ0) is 14.3. The minimum Gasteiger partial charge on any atom is -0.396 e. The van der Waals surface area contributed by atoms with Crippen LogP contribution in [0.15, 0.2) is 36.5 Å². The highest BCUT2D eigenvalue weighted by molar-refractivity contribution is 6.21. The number of amides is 2. The summed E-state index contributed by atoms with van der Waals surface area (Å²) in [7, 11) is 1.47. The van der Waals surface area contributed by atoms with E-state index in [2.05, 4.69) is 10.3 Å². The third kappa shape index (κ3) is 1.78. The fraction of sp³-hybridized carbons (Fsp3) is 0.0714. The van der Waals surface area contributed by atoms with Crippen LogP contribution >= 0.6 is 0 Å². The van der Waals surface area contributed by atoms with Gasteiger partial charge in [-0.25, -0.2) is 4.98 Å². The van der Waals surface area contributed by atoms with Gasteiger partial charge in [0.2, 0.25) is 0 Å². The molecule has 1 aliphatic heterocycles. The number of pyridine rings is 1. The van der Waals surface area contributed by atoms with Crippen molar-refractivity contribution >= 4 is 29.0 Å². The van der Waals surface area contributed by atoms with Gasteiger partial charge in [0.05, 0.1) is 16.8 Å². The van der Waals surface area contributed by atoms with E-state index >= 15 is 0 Å². The van der Waals surface area contributed by atoms with Crippen LogP contribution in [0.3, 0.4) is 0 Å². The number of nitrogens with two attached hydrogens (primary N) is 1. The Morgan fingerprint density at radius 2 is 1.90 bits per heavy atom. The number of hydrogen-bond donors (Lipinski definition) is 2. The quantitative estimate of drug-likeness (QED) is 0.808. The number of aromatic nitrogens is 1. The molecule has 0 unspecified atom stereocenters. The second-order valence-corrected chi connectivity index (χ2v) is 4.50. The van der Waals surface area contributed by atoms with E-state index in [-0.39, 0.29) is 11.8 Å². The van der Waals surface area contributed by atoms with E-state index in [4.69, 9.17) is 5.73 Å². The number of anilines is 3. The van der Waals surface area contributed by atoms with Crippen molar-refractivity contribution in [3.8, 4) is 0 Å². The number of nitrogen functional groups attached to an aromatic ring is 1. The molecule has 0 bridgehead atoms. The highest BCUT2D eigenvalue weighted by Crippen LogP contribution is 2.27. The van der Waals surface area contributed by atoms with Gasteiger partial charge in [-0.2, -0.15) is 0 Å². The number of hydrogen-bond acceptors (Lipinski definition) is 5. The Labute approximate surface area is 115 Å². The zero-order valence-electron chi connectivity index (χ0n) is 10.8. The van der Waals surface area contributed by atoms with Crippen LogP contribution in [0, 0.1) is 0 Å². The molecule has 0 aliphatic carbocycles. The molecule has 1 aliphatic rings. The van der Waals surface area contributed by atoms with Crippen LogP contribution in [0.2, 0.25) is 0 Å². The number of rotatable bonds is 2. The normalized spacial score (nSPS) is 13.6. The molecule has 1 aromatic heterocycles. The van der Waals surface area contributed by atoms with E-state index in [1.54, 1.807) is 36.5 Å². The largest absolute Gasteiger partial charge is 0.396 e. The smallest absolute Gasteiger partial charge is 0.261 e. The Bertz CT molecular complexity index is 727. The first-order valence-corrected chi connectivity index (χ1v) is 6.02. The third-order valence-electron chi connectivity index (χ3n) is 3.19. The highest BCUT2D eigenvalue weighted by atomic mass is 16.2. The molecule has 3 rings (SSSR count). The predicted octanol–water partition coefficient (Wildman–Crippen LogP) is 1.63. The molecule has 0 atom stereocenters. The fourth-order valence-corrected chi connectivity index (χ4v) is 2.10. The van der Waals surface area contributed by atoms with Gasteiger partial charge in [0, 0.05) is 18.9 Å². The van der Waals surface area contributed by atoms with Gasteiger partial charge in [-0.15, -0.1) is 0 Å². The molecule has 20 heavy (non-hydrogen) atoms. The van der Waals surface area contributed by atoms with E-state index < -0.39 is 0 Å². The Hall–Kier alpha value is -2.89. The molecule has 6 nitrogen and oxygen atoms in total. The van der Waals surface area contributed by atoms with Crippen molar-refractivity contribution in [2.45, 2.75) is 0 Å². The van der Waals surface area contributed by atoms with Crippen LogP contribution < -0.4 is 11.1 Å². The van der Waals surface area contributed by atoms with Gasteiger partial charge in [0.1, 0.15) is 0 Å². The number of imide groups is 1.